The summed E-state index contributed by atoms with van der Waals surface area (Å²) < 4.78 is 26.9. The van der Waals surface area contributed by atoms with Gasteiger partial charge >= 0.3 is 0 Å². The molecule has 5 heteroatoms. The first-order chi connectivity index (χ1) is 8.53. The maximum atomic E-state index is 12.1. The third kappa shape index (κ3) is 2.71. The van der Waals surface area contributed by atoms with Crippen LogP contribution in [0.2, 0.25) is 0 Å². The van der Waals surface area contributed by atoms with Gasteiger partial charge in [-0.3, -0.25) is 0 Å². The summed E-state index contributed by atoms with van der Waals surface area (Å²) in [6.07, 6.45) is 2.42. The summed E-state index contributed by atoms with van der Waals surface area (Å²) in [5.74, 6) is -0.203. The number of benzene rings is 1. The predicted octanol–water partition coefficient (Wildman–Crippen LogP) is 1.97. The Morgan fingerprint density at radius 2 is 1.94 bits per heavy atom. The van der Waals surface area contributed by atoms with E-state index in [1.54, 1.807) is 24.3 Å². The normalized spacial score (nSPS) is 23.8. The van der Waals surface area contributed by atoms with Crippen LogP contribution in [0, 0.1) is 24.2 Å². The van der Waals surface area contributed by atoms with Crippen molar-refractivity contribution in [3.05, 3.63) is 29.8 Å². The number of sulfonamides is 1. The van der Waals surface area contributed by atoms with Crippen LogP contribution in [0.1, 0.15) is 24.8 Å². The second-order valence-corrected chi connectivity index (χ2v) is 6.42. The molecule has 0 heterocycles. The molecular formula is C13H16N2O2S. The number of aryl methyl sites for hydroxylation is 1. The molecule has 1 aliphatic carbocycles. The Morgan fingerprint density at radius 3 is 2.56 bits per heavy atom. The molecule has 1 N–H and O–H groups in total. The molecule has 1 unspecified atom stereocenters. The molecule has 18 heavy (non-hydrogen) atoms. The first kappa shape index (κ1) is 13.1. The molecule has 0 saturated heterocycles. The maximum Gasteiger partial charge on any atom is 0.240 e. The van der Waals surface area contributed by atoms with Gasteiger partial charge in [-0.25, -0.2) is 13.1 Å². The van der Waals surface area contributed by atoms with E-state index in [0.717, 1.165) is 24.8 Å². The van der Waals surface area contributed by atoms with E-state index in [9.17, 15) is 8.42 Å². The summed E-state index contributed by atoms with van der Waals surface area (Å²) in [5, 5.41) is 8.96. The Balaban J connectivity index is 2.17. The van der Waals surface area contributed by atoms with E-state index in [4.69, 9.17) is 5.26 Å². The smallest absolute Gasteiger partial charge is 0.207 e. The molecule has 0 spiro atoms. The molecule has 1 aliphatic rings. The molecule has 96 valence electrons. The molecular weight excluding hydrogens is 248 g/mol. The van der Waals surface area contributed by atoms with E-state index in [1.807, 2.05) is 6.92 Å². The largest absolute Gasteiger partial charge is 0.240 e. The van der Waals surface area contributed by atoms with E-state index in [-0.39, 0.29) is 16.9 Å². The lowest BCUT2D eigenvalue weighted by atomic mass is 10.1. The molecule has 2 atom stereocenters. The second-order valence-electron chi connectivity index (χ2n) is 4.71. The minimum atomic E-state index is -3.50. The van der Waals surface area contributed by atoms with Crippen LogP contribution in [0.5, 0.6) is 0 Å². The summed E-state index contributed by atoms with van der Waals surface area (Å²) in [5.41, 5.74) is 1.02. The van der Waals surface area contributed by atoms with Crippen LogP contribution in [-0.4, -0.2) is 14.5 Å². The lowest BCUT2D eigenvalue weighted by molar-refractivity contribution is 0.515. The van der Waals surface area contributed by atoms with Crippen molar-refractivity contribution in [2.75, 3.05) is 0 Å². The molecule has 0 amide bonds. The summed E-state index contributed by atoms with van der Waals surface area (Å²) in [6.45, 7) is 1.91. The van der Waals surface area contributed by atoms with E-state index in [2.05, 4.69) is 10.8 Å². The van der Waals surface area contributed by atoms with Crippen molar-refractivity contribution in [2.24, 2.45) is 5.92 Å². The Hall–Kier alpha value is -1.38. The van der Waals surface area contributed by atoms with Gasteiger partial charge in [0.2, 0.25) is 10.0 Å². The molecule has 1 aromatic rings. The minimum Gasteiger partial charge on any atom is -0.207 e. The second kappa shape index (κ2) is 5.09. The van der Waals surface area contributed by atoms with Crippen LogP contribution in [0.15, 0.2) is 29.2 Å². The third-order valence-corrected chi connectivity index (χ3v) is 4.83. The Morgan fingerprint density at radius 1 is 1.28 bits per heavy atom. The number of hydrogen-bond acceptors (Lipinski definition) is 3. The molecule has 0 aliphatic heterocycles. The van der Waals surface area contributed by atoms with E-state index >= 15 is 0 Å². The van der Waals surface area contributed by atoms with Crippen molar-refractivity contribution in [3.63, 3.8) is 0 Å². The third-order valence-electron chi connectivity index (χ3n) is 3.32. The summed E-state index contributed by atoms with van der Waals surface area (Å²) >= 11 is 0. The molecule has 1 saturated carbocycles. The Bertz CT molecular complexity index is 558. The maximum absolute atomic E-state index is 12.1. The average molecular weight is 264 g/mol. The van der Waals surface area contributed by atoms with Gasteiger partial charge in [0.05, 0.1) is 16.9 Å². The van der Waals surface area contributed by atoms with Gasteiger partial charge in [0.1, 0.15) is 0 Å². The highest BCUT2D eigenvalue weighted by atomic mass is 32.2. The van der Waals surface area contributed by atoms with Crippen molar-refractivity contribution >= 4 is 10.0 Å². The van der Waals surface area contributed by atoms with Gasteiger partial charge in [0, 0.05) is 6.04 Å². The predicted molar refractivity (Wildman–Crippen MR) is 68.2 cm³/mol. The highest BCUT2D eigenvalue weighted by Gasteiger charge is 2.31. The zero-order valence-electron chi connectivity index (χ0n) is 10.3. The summed E-state index contributed by atoms with van der Waals surface area (Å²) in [4.78, 5) is 0.261. The molecule has 4 nitrogen and oxygen atoms in total. The first-order valence-electron chi connectivity index (χ1n) is 6.01. The molecule has 0 aromatic heterocycles. The van der Waals surface area contributed by atoms with Crippen molar-refractivity contribution in [2.45, 2.75) is 37.1 Å². The number of hydrogen-bond donors (Lipinski definition) is 1. The fraction of sp³-hybridized carbons (Fsp3) is 0.462. The highest BCUT2D eigenvalue weighted by molar-refractivity contribution is 7.89. The minimum absolute atomic E-state index is 0.203. The molecule has 1 aromatic carbocycles. The van der Waals surface area contributed by atoms with Crippen LogP contribution in [0.3, 0.4) is 0 Å². The fourth-order valence-corrected chi connectivity index (χ4v) is 3.55. The van der Waals surface area contributed by atoms with Crippen LogP contribution in [0.4, 0.5) is 0 Å². The van der Waals surface area contributed by atoms with Crippen molar-refractivity contribution in [1.82, 2.24) is 4.72 Å². The van der Waals surface area contributed by atoms with Gasteiger partial charge in [-0.1, -0.05) is 24.1 Å². The summed E-state index contributed by atoms with van der Waals surface area (Å²) in [7, 11) is -3.50. The zero-order valence-corrected chi connectivity index (χ0v) is 11.1. The van der Waals surface area contributed by atoms with Crippen molar-refractivity contribution < 1.29 is 8.42 Å². The van der Waals surface area contributed by atoms with Crippen LogP contribution >= 0.6 is 0 Å². The van der Waals surface area contributed by atoms with Gasteiger partial charge < -0.3 is 0 Å². The van der Waals surface area contributed by atoms with Crippen molar-refractivity contribution in [3.8, 4) is 6.07 Å². The zero-order chi connectivity index (χ0) is 13.2. The average Bonchev–Trinajstić information content (AvgIpc) is 2.76. The quantitative estimate of drug-likeness (QED) is 0.907. The number of nitriles is 1. The molecule has 2 rings (SSSR count). The van der Waals surface area contributed by atoms with E-state index in [1.165, 1.54) is 0 Å². The molecule has 1 fully saturated rings. The van der Waals surface area contributed by atoms with Gasteiger partial charge in [-0.2, -0.15) is 5.26 Å². The molecule has 0 radical (unpaired) electrons. The van der Waals surface area contributed by atoms with Crippen LogP contribution in [0.25, 0.3) is 0 Å². The van der Waals surface area contributed by atoms with Gasteiger partial charge in [0.25, 0.3) is 0 Å². The van der Waals surface area contributed by atoms with Gasteiger partial charge in [-0.05, 0) is 31.9 Å². The van der Waals surface area contributed by atoms with Crippen molar-refractivity contribution in [1.29, 1.82) is 5.26 Å². The van der Waals surface area contributed by atoms with Crippen LogP contribution in [-0.2, 0) is 10.0 Å². The van der Waals surface area contributed by atoms with Gasteiger partial charge in [-0.15, -0.1) is 0 Å². The number of nitrogens with zero attached hydrogens (tertiary/aromatic N) is 1. The van der Waals surface area contributed by atoms with Gasteiger partial charge in [0.15, 0.2) is 0 Å². The topological polar surface area (TPSA) is 70.0 Å². The monoisotopic (exact) mass is 264 g/mol. The van der Waals surface area contributed by atoms with E-state index in [0.29, 0.717) is 0 Å². The first-order valence-corrected chi connectivity index (χ1v) is 7.50. The number of rotatable bonds is 3. The van der Waals surface area contributed by atoms with Crippen LogP contribution < -0.4 is 4.72 Å². The Kier molecular flexibility index (Phi) is 3.69. The Labute approximate surface area is 108 Å². The number of nitrogens with one attached hydrogen (secondary N) is 1. The standard InChI is InChI=1S/C13H16N2O2S/c1-10-5-7-12(8-6-10)18(16,17)15-13-4-2-3-11(13)9-14/h5-8,11,13,15H,2-4H2,1H3/t11-,13?/m0/s1. The molecule has 0 bridgehead atoms. The summed E-state index contributed by atoms with van der Waals surface area (Å²) in [6, 6.07) is 8.64. The SMILES string of the molecule is Cc1ccc(S(=O)(=O)NC2CCC[C@H]2C#N)cc1. The van der Waals surface area contributed by atoms with E-state index < -0.39 is 10.0 Å². The lowest BCUT2D eigenvalue weighted by Gasteiger charge is -2.15. The lowest BCUT2D eigenvalue weighted by Crippen LogP contribution is -2.36. The fourth-order valence-electron chi connectivity index (χ4n) is 2.24. The highest BCUT2D eigenvalue weighted by Crippen LogP contribution is 2.26.